The summed E-state index contributed by atoms with van der Waals surface area (Å²) in [5.74, 6) is 1.69. The number of aromatic amines is 1. The van der Waals surface area contributed by atoms with Gasteiger partial charge in [0.05, 0.1) is 0 Å². The summed E-state index contributed by atoms with van der Waals surface area (Å²) in [6.45, 7) is 9.08. The number of nitrogens with zero attached hydrogens (tertiary/aromatic N) is 2. The Balaban J connectivity index is 2.63. The summed E-state index contributed by atoms with van der Waals surface area (Å²) in [6.07, 6.45) is 2.19. The highest BCUT2D eigenvalue weighted by Gasteiger charge is 2.17. The predicted octanol–water partition coefficient (Wildman–Crippen LogP) is 3.09. The molecule has 4 heteroatoms. The third-order valence-corrected chi connectivity index (χ3v) is 2.83. The Hall–Kier alpha value is -0.640. The molecule has 0 fully saturated rings. The number of hydrogen-bond donors (Lipinski definition) is 1. The number of rotatable bonds is 3. The summed E-state index contributed by atoms with van der Waals surface area (Å²) in [4.78, 5) is 0. The van der Waals surface area contributed by atoms with Gasteiger partial charge in [-0.25, -0.2) is 0 Å². The van der Waals surface area contributed by atoms with Gasteiger partial charge in [-0.15, -0.1) is 0 Å². The third kappa shape index (κ3) is 3.78. The van der Waals surface area contributed by atoms with Gasteiger partial charge < -0.3 is 4.57 Å². The van der Waals surface area contributed by atoms with E-state index in [-0.39, 0.29) is 0 Å². The number of aromatic nitrogens is 3. The Bertz CT molecular complexity index is 370. The Labute approximate surface area is 96.9 Å². The van der Waals surface area contributed by atoms with Crippen LogP contribution in [0.15, 0.2) is 0 Å². The largest absolute Gasteiger partial charge is 0.307 e. The predicted molar refractivity (Wildman–Crippen MR) is 65.3 cm³/mol. The van der Waals surface area contributed by atoms with E-state index in [1.807, 2.05) is 11.6 Å². The van der Waals surface area contributed by atoms with Crippen LogP contribution in [0.3, 0.4) is 0 Å². The lowest BCUT2D eigenvalue weighted by Crippen LogP contribution is -2.14. The smallest absolute Gasteiger partial charge is 0.194 e. The molecular weight excluding hydrogens is 206 g/mol. The topological polar surface area (TPSA) is 33.6 Å². The molecule has 1 aromatic rings. The van der Waals surface area contributed by atoms with E-state index in [0.29, 0.717) is 16.1 Å². The minimum Gasteiger partial charge on any atom is -0.307 e. The van der Waals surface area contributed by atoms with Gasteiger partial charge in [0.15, 0.2) is 4.77 Å². The molecule has 1 heterocycles. The maximum atomic E-state index is 5.08. The average Bonchev–Trinajstić information content (AvgIpc) is 2.32. The number of hydrogen-bond acceptors (Lipinski definition) is 2. The van der Waals surface area contributed by atoms with E-state index in [2.05, 4.69) is 37.9 Å². The molecule has 1 unspecified atom stereocenters. The van der Waals surface area contributed by atoms with Crippen LogP contribution in [0.2, 0.25) is 0 Å². The highest BCUT2D eigenvalue weighted by atomic mass is 32.1. The highest BCUT2D eigenvalue weighted by Crippen LogP contribution is 2.25. The molecule has 0 spiro atoms. The molecule has 0 saturated heterocycles. The van der Waals surface area contributed by atoms with Crippen LogP contribution in [0.1, 0.15) is 39.9 Å². The van der Waals surface area contributed by atoms with Crippen molar-refractivity contribution in [1.29, 1.82) is 0 Å². The second kappa shape index (κ2) is 4.47. The Morgan fingerprint density at radius 1 is 1.47 bits per heavy atom. The van der Waals surface area contributed by atoms with Gasteiger partial charge in [-0.2, -0.15) is 5.10 Å². The molecular formula is C11H21N3S. The van der Waals surface area contributed by atoms with Gasteiger partial charge in [0.1, 0.15) is 5.82 Å². The summed E-state index contributed by atoms with van der Waals surface area (Å²) in [5, 5.41) is 7.05. The summed E-state index contributed by atoms with van der Waals surface area (Å²) >= 11 is 5.08. The molecule has 1 atom stereocenters. The van der Waals surface area contributed by atoms with Crippen LogP contribution >= 0.6 is 12.2 Å². The monoisotopic (exact) mass is 227 g/mol. The van der Waals surface area contributed by atoms with Gasteiger partial charge in [0, 0.05) is 13.5 Å². The molecule has 3 nitrogen and oxygen atoms in total. The lowest BCUT2D eigenvalue weighted by atomic mass is 9.84. The maximum Gasteiger partial charge on any atom is 0.194 e. The molecule has 15 heavy (non-hydrogen) atoms. The molecule has 0 amide bonds. The molecule has 0 aliphatic carbocycles. The second-order valence-electron chi connectivity index (χ2n) is 5.58. The summed E-state index contributed by atoms with van der Waals surface area (Å²) in [6, 6.07) is 0. The Kier molecular flexibility index (Phi) is 3.71. The molecule has 1 aromatic heterocycles. The van der Waals surface area contributed by atoms with Crippen molar-refractivity contribution in [2.24, 2.45) is 18.4 Å². The average molecular weight is 227 g/mol. The summed E-state index contributed by atoms with van der Waals surface area (Å²) in [5.41, 5.74) is 0.380. The Morgan fingerprint density at radius 3 is 2.47 bits per heavy atom. The minimum atomic E-state index is 0.380. The molecule has 0 radical (unpaired) electrons. The molecule has 0 aromatic carbocycles. The van der Waals surface area contributed by atoms with E-state index in [9.17, 15) is 0 Å². The van der Waals surface area contributed by atoms with Crippen molar-refractivity contribution in [3.05, 3.63) is 10.6 Å². The first kappa shape index (κ1) is 12.4. The van der Waals surface area contributed by atoms with E-state index in [1.165, 1.54) is 6.42 Å². The van der Waals surface area contributed by atoms with E-state index >= 15 is 0 Å². The van der Waals surface area contributed by atoms with Gasteiger partial charge in [-0.3, -0.25) is 5.10 Å². The lowest BCUT2D eigenvalue weighted by molar-refractivity contribution is 0.302. The fourth-order valence-electron chi connectivity index (χ4n) is 1.99. The van der Waals surface area contributed by atoms with E-state index in [0.717, 1.165) is 12.2 Å². The first-order valence-corrected chi connectivity index (χ1v) is 5.80. The van der Waals surface area contributed by atoms with Crippen LogP contribution in [0.5, 0.6) is 0 Å². The molecule has 1 rings (SSSR count). The minimum absolute atomic E-state index is 0.380. The van der Waals surface area contributed by atoms with Crippen molar-refractivity contribution in [2.75, 3.05) is 0 Å². The van der Waals surface area contributed by atoms with Gasteiger partial charge in [0.25, 0.3) is 0 Å². The highest BCUT2D eigenvalue weighted by molar-refractivity contribution is 7.71. The molecule has 0 aliphatic heterocycles. The van der Waals surface area contributed by atoms with Crippen LogP contribution in [0.4, 0.5) is 0 Å². The van der Waals surface area contributed by atoms with E-state index < -0.39 is 0 Å². The van der Waals surface area contributed by atoms with Gasteiger partial charge in [0.2, 0.25) is 0 Å². The fraction of sp³-hybridized carbons (Fsp3) is 0.818. The SMILES string of the molecule is CC(Cc1n[nH]c(=S)n1C)CC(C)(C)C. The first-order valence-electron chi connectivity index (χ1n) is 5.40. The standard InChI is InChI=1S/C11H21N3S/c1-8(7-11(2,3)4)6-9-12-13-10(15)14(9)5/h8H,6-7H2,1-5H3,(H,13,15). The van der Waals surface area contributed by atoms with Crippen LogP contribution in [0.25, 0.3) is 0 Å². The zero-order valence-corrected chi connectivity index (χ0v) is 11.1. The lowest BCUT2D eigenvalue weighted by Gasteiger charge is -2.22. The van der Waals surface area contributed by atoms with Crippen molar-refractivity contribution in [3.8, 4) is 0 Å². The van der Waals surface area contributed by atoms with E-state index in [4.69, 9.17) is 12.2 Å². The zero-order valence-electron chi connectivity index (χ0n) is 10.3. The quantitative estimate of drug-likeness (QED) is 0.805. The zero-order chi connectivity index (χ0) is 11.6. The van der Waals surface area contributed by atoms with Gasteiger partial charge in [-0.1, -0.05) is 27.7 Å². The number of nitrogens with one attached hydrogen (secondary N) is 1. The fourth-order valence-corrected chi connectivity index (χ4v) is 2.14. The second-order valence-corrected chi connectivity index (χ2v) is 5.96. The molecule has 0 bridgehead atoms. The summed E-state index contributed by atoms with van der Waals surface area (Å²) in [7, 11) is 1.96. The van der Waals surface area contributed by atoms with Crippen LogP contribution in [-0.4, -0.2) is 14.8 Å². The van der Waals surface area contributed by atoms with Gasteiger partial charge >= 0.3 is 0 Å². The van der Waals surface area contributed by atoms with Crippen molar-refractivity contribution < 1.29 is 0 Å². The normalized spacial score (nSPS) is 14.2. The Morgan fingerprint density at radius 2 is 2.07 bits per heavy atom. The van der Waals surface area contributed by atoms with Crippen molar-refractivity contribution in [1.82, 2.24) is 14.8 Å². The van der Waals surface area contributed by atoms with Crippen LogP contribution in [-0.2, 0) is 13.5 Å². The van der Waals surface area contributed by atoms with Crippen molar-refractivity contribution in [3.63, 3.8) is 0 Å². The summed E-state index contributed by atoms with van der Waals surface area (Å²) < 4.78 is 2.65. The molecule has 1 N–H and O–H groups in total. The van der Waals surface area contributed by atoms with Crippen LogP contribution < -0.4 is 0 Å². The van der Waals surface area contributed by atoms with E-state index in [1.54, 1.807) is 0 Å². The first-order chi connectivity index (χ1) is 6.79. The van der Waals surface area contributed by atoms with Crippen molar-refractivity contribution >= 4 is 12.2 Å². The third-order valence-electron chi connectivity index (χ3n) is 2.46. The molecule has 0 saturated carbocycles. The van der Waals surface area contributed by atoms with Gasteiger partial charge in [-0.05, 0) is 30.0 Å². The van der Waals surface area contributed by atoms with Crippen molar-refractivity contribution in [2.45, 2.75) is 40.5 Å². The maximum absolute atomic E-state index is 5.08. The number of H-pyrrole nitrogens is 1. The van der Waals surface area contributed by atoms with Crippen LogP contribution in [0, 0.1) is 16.1 Å². The molecule has 86 valence electrons. The molecule has 0 aliphatic rings.